The molecule has 0 saturated carbocycles. The second-order valence-electron chi connectivity index (χ2n) is 4.56. The lowest BCUT2D eigenvalue weighted by molar-refractivity contribution is -0.120. The first-order chi connectivity index (χ1) is 11.3. The number of carbonyl (C=O) groups excluding carboxylic acids is 1. The second kappa shape index (κ2) is 15.1. The Morgan fingerprint density at radius 3 is 2.96 bits per heavy atom. The molecule has 1 atom stereocenters. The quantitative estimate of drug-likeness (QED) is 0.294. The lowest BCUT2D eigenvalue weighted by atomic mass is 10.3. The number of amides is 1. The highest BCUT2D eigenvalue weighted by Gasteiger charge is 2.02. The van der Waals surface area contributed by atoms with Crippen molar-refractivity contribution in [3.8, 4) is 0 Å². The third kappa shape index (κ3) is 12.7. The zero-order chi connectivity index (χ0) is 16.6. The molecule has 1 heterocycles. The van der Waals surface area contributed by atoms with Crippen LogP contribution in [0.4, 0.5) is 4.20 Å². The van der Waals surface area contributed by atoms with Gasteiger partial charge in [0.15, 0.2) is 0 Å². The van der Waals surface area contributed by atoms with Crippen molar-refractivity contribution in [2.24, 2.45) is 0 Å². The number of pyridine rings is 1. The highest BCUT2D eigenvalue weighted by molar-refractivity contribution is 8.76. The van der Waals surface area contributed by atoms with Crippen LogP contribution in [0.1, 0.15) is 19.3 Å². The summed E-state index contributed by atoms with van der Waals surface area (Å²) in [5, 5.41) is 7.03. The molecule has 0 aliphatic carbocycles. The van der Waals surface area contributed by atoms with E-state index >= 15 is 0 Å². The van der Waals surface area contributed by atoms with Gasteiger partial charge in [-0.2, -0.15) is 4.20 Å². The summed E-state index contributed by atoms with van der Waals surface area (Å²) in [5.41, 5.74) is 0. The molecule has 130 valence electrons. The van der Waals surface area contributed by atoms with Crippen LogP contribution in [-0.4, -0.2) is 42.9 Å². The molecule has 23 heavy (non-hydrogen) atoms. The van der Waals surface area contributed by atoms with Gasteiger partial charge in [0.25, 0.3) is 0 Å². The molecular formula is C14H23FN3O2PS2. The molecule has 0 aromatic carbocycles. The minimum atomic E-state index is -0.936. The van der Waals surface area contributed by atoms with Crippen molar-refractivity contribution >= 4 is 36.6 Å². The predicted molar refractivity (Wildman–Crippen MR) is 97.7 cm³/mol. The Balaban J connectivity index is 1.85. The Labute approximate surface area is 146 Å². The number of unbranched alkanes of at least 4 members (excludes halogenated alkanes) is 1. The molecule has 1 aromatic rings. The smallest absolute Gasteiger partial charge is 0.220 e. The number of halogens is 1. The molecule has 0 fully saturated rings. The zero-order valence-corrected chi connectivity index (χ0v) is 15.6. The minimum absolute atomic E-state index is 0.0874. The van der Waals surface area contributed by atoms with E-state index in [9.17, 15) is 8.99 Å². The molecule has 2 N–H and O–H groups in total. The fourth-order valence-corrected chi connectivity index (χ4v) is 3.66. The molecule has 1 aromatic heterocycles. The van der Waals surface area contributed by atoms with E-state index in [-0.39, 0.29) is 5.91 Å². The maximum atomic E-state index is 11.7. The number of nitrogens with zero attached hydrogens (tertiary/aromatic N) is 1. The van der Waals surface area contributed by atoms with Crippen LogP contribution in [-0.2, 0) is 9.32 Å². The third-order valence-electron chi connectivity index (χ3n) is 2.73. The largest absolute Gasteiger partial charge is 0.356 e. The molecule has 0 radical (unpaired) electrons. The molecule has 0 spiro atoms. The molecule has 9 heteroatoms. The highest BCUT2D eigenvalue weighted by Crippen LogP contribution is 2.29. The fraction of sp³-hybridized carbons (Fsp3) is 0.571. The number of hydrogen-bond acceptors (Lipinski definition) is 6. The van der Waals surface area contributed by atoms with Crippen LogP contribution >= 0.6 is 30.7 Å². The van der Waals surface area contributed by atoms with Crippen LogP contribution < -0.4 is 10.6 Å². The van der Waals surface area contributed by atoms with E-state index in [1.54, 1.807) is 27.8 Å². The topological polar surface area (TPSA) is 63.2 Å². The summed E-state index contributed by atoms with van der Waals surface area (Å²) in [6, 6.07) is 5.79. The van der Waals surface area contributed by atoms with Gasteiger partial charge in [0, 0.05) is 31.5 Å². The average Bonchev–Trinajstić information content (AvgIpc) is 2.58. The first kappa shape index (κ1) is 20.6. The Bertz CT molecular complexity index is 418. The number of nitrogens with one attached hydrogen (secondary N) is 2. The van der Waals surface area contributed by atoms with E-state index in [1.165, 1.54) is 0 Å². The molecule has 1 rings (SSSR count). The summed E-state index contributed by atoms with van der Waals surface area (Å²) in [4.78, 5) is 15.9. The number of hydrogen-bond donors (Lipinski definition) is 2. The predicted octanol–water partition coefficient (Wildman–Crippen LogP) is 3.19. The third-order valence-corrected chi connectivity index (χ3v) is 5.31. The van der Waals surface area contributed by atoms with Crippen LogP contribution in [0, 0.1) is 0 Å². The lowest BCUT2D eigenvalue weighted by Crippen LogP contribution is -2.26. The molecule has 0 aliphatic heterocycles. The van der Waals surface area contributed by atoms with Crippen molar-refractivity contribution in [1.29, 1.82) is 0 Å². The first-order valence-corrected chi connectivity index (χ1v) is 10.6. The average molecular weight is 379 g/mol. The number of aromatic nitrogens is 1. The van der Waals surface area contributed by atoms with E-state index in [0.717, 1.165) is 30.2 Å². The van der Waals surface area contributed by atoms with Crippen LogP contribution in [0.25, 0.3) is 0 Å². The van der Waals surface area contributed by atoms with Crippen molar-refractivity contribution < 1.29 is 13.5 Å². The van der Waals surface area contributed by atoms with Gasteiger partial charge >= 0.3 is 0 Å². The van der Waals surface area contributed by atoms with Crippen LogP contribution in [0.3, 0.4) is 0 Å². The minimum Gasteiger partial charge on any atom is -0.356 e. The molecule has 0 aliphatic rings. The van der Waals surface area contributed by atoms with Crippen LogP contribution in [0.2, 0.25) is 0 Å². The summed E-state index contributed by atoms with van der Waals surface area (Å²) in [6.45, 7) is 2.61. The zero-order valence-electron chi connectivity index (χ0n) is 12.9. The summed E-state index contributed by atoms with van der Waals surface area (Å²) in [5.74, 6) is 0.855. The fourth-order valence-electron chi connectivity index (χ4n) is 1.61. The highest BCUT2D eigenvalue weighted by atomic mass is 33.1. The Kier molecular flexibility index (Phi) is 13.6. The maximum Gasteiger partial charge on any atom is 0.220 e. The van der Waals surface area contributed by atoms with Gasteiger partial charge < -0.3 is 15.2 Å². The summed E-state index contributed by atoms with van der Waals surface area (Å²) >= 11 is 0. The Morgan fingerprint density at radius 1 is 1.30 bits per heavy atom. The van der Waals surface area contributed by atoms with E-state index in [4.69, 9.17) is 0 Å². The van der Waals surface area contributed by atoms with Crippen molar-refractivity contribution in [2.75, 3.05) is 32.0 Å². The summed E-state index contributed by atoms with van der Waals surface area (Å²) < 4.78 is 16.3. The van der Waals surface area contributed by atoms with Gasteiger partial charge in [-0.05, 0) is 42.3 Å². The number of carbonyl (C=O) groups is 1. The van der Waals surface area contributed by atoms with Crippen molar-refractivity contribution in [3.05, 3.63) is 24.4 Å². The van der Waals surface area contributed by atoms with E-state index in [0.29, 0.717) is 26.1 Å². The monoisotopic (exact) mass is 379 g/mol. The van der Waals surface area contributed by atoms with Gasteiger partial charge in [-0.3, -0.25) is 4.79 Å². The molecule has 1 amide bonds. The maximum absolute atomic E-state index is 11.7. The molecule has 1 unspecified atom stereocenters. The van der Waals surface area contributed by atoms with Gasteiger partial charge in [0.1, 0.15) is 5.03 Å². The SMILES string of the molecule is O=C(CCSSc1ccccn1)NCCCCNCCOPF. The van der Waals surface area contributed by atoms with Crippen LogP contribution in [0.15, 0.2) is 29.4 Å². The van der Waals surface area contributed by atoms with Crippen LogP contribution in [0.5, 0.6) is 0 Å². The van der Waals surface area contributed by atoms with E-state index < -0.39 is 9.12 Å². The van der Waals surface area contributed by atoms with E-state index in [1.807, 2.05) is 18.2 Å². The van der Waals surface area contributed by atoms with Gasteiger partial charge in [-0.25, -0.2) is 4.98 Å². The number of rotatable bonds is 14. The Morgan fingerprint density at radius 2 is 2.17 bits per heavy atom. The van der Waals surface area contributed by atoms with Gasteiger partial charge in [0.2, 0.25) is 15.0 Å². The van der Waals surface area contributed by atoms with Crippen molar-refractivity contribution in [1.82, 2.24) is 15.6 Å². The van der Waals surface area contributed by atoms with Crippen molar-refractivity contribution in [2.45, 2.75) is 24.3 Å². The molecule has 5 nitrogen and oxygen atoms in total. The van der Waals surface area contributed by atoms with Gasteiger partial charge in [-0.1, -0.05) is 16.9 Å². The van der Waals surface area contributed by atoms with Gasteiger partial charge in [0.05, 0.1) is 6.61 Å². The molecule has 0 bridgehead atoms. The van der Waals surface area contributed by atoms with Gasteiger partial charge in [-0.15, -0.1) is 0 Å². The molecule has 0 saturated heterocycles. The standard InChI is InChI=1S/C14H23FN3O2PS2/c15-21-20-11-10-16-7-3-4-8-17-13(19)6-12-22-23-14-5-1-2-9-18-14/h1-2,5,9,16,21H,3-4,6-8,10-12H2,(H,17,19). The molecular weight excluding hydrogens is 356 g/mol. The lowest BCUT2D eigenvalue weighted by Gasteiger charge is -2.06. The van der Waals surface area contributed by atoms with Crippen molar-refractivity contribution in [3.63, 3.8) is 0 Å². The van der Waals surface area contributed by atoms with E-state index in [2.05, 4.69) is 20.1 Å². The summed E-state index contributed by atoms with van der Waals surface area (Å²) in [7, 11) is 2.29. The summed E-state index contributed by atoms with van der Waals surface area (Å²) in [6.07, 6.45) is 4.19. The second-order valence-corrected chi connectivity index (χ2v) is 7.43. The Hall–Kier alpha value is -0.400. The first-order valence-electron chi connectivity index (χ1n) is 7.48. The normalized spacial score (nSPS) is 11.2.